The number of hydrogen-bond donors (Lipinski definition) is 0. The van der Waals surface area contributed by atoms with E-state index < -0.39 is 20.9 Å². The van der Waals surface area contributed by atoms with Gasteiger partial charge in [0.2, 0.25) is 0 Å². The topological polar surface area (TPSA) is 50.3 Å². The van der Waals surface area contributed by atoms with Crippen molar-refractivity contribution in [1.29, 1.82) is 0 Å². The summed E-state index contributed by atoms with van der Waals surface area (Å²) in [6.45, 7) is 1.16. The smallest absolute Gasteiger partial charge is 0.185 e. The molecule has 9 heteroatoms. The van der Waals surface area contributed by atoms with Crippen LogP contribution in [0.3, 0.4) is 0 Å². The number of aromatic nitrogens is 1. The maximum absolute atomic E-state index is 13.7. The lowest BCUT2D eigenvalue weighted by atomic mass is 10.1. The van der Waals surface area contributed by atoms with Gasteiger partial charge < -0.3 is 4.90 Å². The Labute approximate surface area is 182 Å². The fraction of sp³-hybridized carbons (Fsp3) is 0.250. The summed E-state index contributed by atoms with van der Waals surface area (Å²) in [4.78, 5) is 6.86. The lowest BCUT2D eigenvalue weighted by Gasteiger charge is -2.31. The Morgan fingerprint density at radius 2 is 1.79 bits per heavy atom. The summed E-state index contributed by atoms with van der Waals surface area (Å²) in [5.41, 5.74) is 1.33. The van der Waals surface area contributed by atoms with Crippen LogP contribution in [0.15, 0.2) is 52.7 Å². The number of hydrogen-bond acceptors (Lipinski definition) is 5. The third-order valence-corrected chi connectivity index (χ3v) is 8.97. The Balaban J connectivity index is 1.47. The molecule has 1 fully saturated rings. The average molecular weight is 471 g/mol. The zero-order valence-corrected chi connectivity index (χ0v) is 18.3. The minimum absolute atomic E-state index is 0.0750. The average Bonchev–Trinajstić information content (AvgIpc) is 3.20. The highest BCUT2D eigenvalue weighted by molar-refractivity contribution is 7.92. The van der Waals surface area contributed by atoms with Crippen molar-refractivity contribution in [3.8, 4) is 11.3 Å². The molecule has 2 heterocycles. The maximum Gasteiger partial charge on any atom is 0.185 e. The highest BCUT2D eigenvalue weighted by atomic mass is 35.5. The van der Waals surface area contributed by atoms with Gasteiger partial charge in [-0.25, -0.2) is 17.8 Å². The molecule has 0 aliphatic carbocycles. The number of sulfone groups is 1. The van der Waals surface area contributed by atoms with Crippen LogP contribution in [-0.4, -0.2) is 31.7 Å². The Bertz CT molecular complexity index is 1140. The number of rotatable bonds is 4. The summed E-state index contributed by atoms with van der Waals surface area (Å²) in [6.07, 6.45) is 0.996. The van der Waals surface area contributed by atoms with Gasteiger partial charge >= 0.3 is 0 Å². The second kappa shape index (κ2) is 8.22. The first kappa shape index (κ1) is 20.6. The quantitative estimate of drug-likeness (QED) is 0.490. The Kier molecular flexibility index (Phi) is 5.84. The molecule has 4 nitrogen and oxygen atoms in total. The van der Waals surface area contributed by atoms with E-state index in [1.165, 1.54) is 23.5 Å². The number of thiazole rings is 1. The van der Waals surface area contributed by atoms with Gasteiger partial charge in [0.15, 0.2) is 15.0 Å². The molecule has 1 aliphatic rings. The molecule has 4 rings (SSSR count). The van der Waals surface area contributed by atoms with Gasteiger partial charge in [-0.15, -0.1) is 11.3 Å². The van der Waals surface area contributed by atoms with Crippen molar-refractivity contribution in [3.63, 3.8) is 0 Å². The van der Waals surface area contributed by atoms with Crippen LogP contribution >= 0.6 is 34.5 Å². The largest absolute Gasteiger partial charge is 0.348 e. The van der Waals surface area contributed by atoms with Gasteiger partial charge in [0.05, 0.1) is 25.9 Å². The lowest BCUT2D eigenvalue weighted by Crippen LogP contribution is -2.39. The Morgan fingerprint density at radius 1 is 1.07 bits per heavy atom. The van der Waals surface area contributed by atoms with Crippen LogP contribution in [0.2, 0.25) is 10.0 Å². The zero-order valence-electron chi connectivity index (χ0n) is 15.2. The molecule has 29 heavy (non-hydrogen) atoms. The third kappa shape index (κ3) is 4.14. The van der Waals surface area contributed by atoms with Crippen LogP contribution in [0.4, 0.5) is 9.52 Å². The summed E-state index contributed by atoms with van der Waals surface area (Å²) < 4.78 is 39.6. The number of halogens is 3. The van der Waals surface area contributed by atoms with Gasteiger partial charge in [-0.3, -0.25) is 0 Å². The first-order valence-electron chi connectivity index (χ1n) is 9.00. The highest BCUT2D eigenvalue weighted by Gasteiger charge is 2.33. The second-order valence-electron chi connectivity index (χ2n) is 6.81. The van der Waals surface area contributed by atoms with E-state index in [1.807, 2.05) is 5.38 Å². The van der Waals surface area contributed by atoms with Gasteiger partial charge in [-0.1, -0.05) is 41.4 Å². The zero-order chi connectivity index (χ0) is 20.6. The molecular weight excluding hydrogens is 454 g/mol. The molecule has 0 amide bonds. The van der Waals surface area contributed by atoms with E-state index in [-0.39, 0.29) is 14.9 Å². The van der Waals surface area contributed by atoms with E-state index in [4.69, 9.17) is 23.2 Å². The molecular formula is C20H17Cl2FN2O2S2. The molecule has 1 aromatic heterocycles. The van der Waals surface area contributed by atoms with Crippen molar-refractivity contribution in [3.05, 3.63) is 63.7 Å². The molecule has 0 radical (unpaired) electrons. The van der Waals surface area contributed by atoms with Crippen molar-refractivity contribution in [2.45, 2.75) is 23.0 Å². The lowest BCUT2D eigenvalue weighted by molar-refractivity contribution is 0.529. The van der Waals surface area contributed by atoms with Gasteiger partial charge in [0.1, 0.15) is 5.82 Å². The standard InChI is InChI=1S/C20H17Cl2FN2O2S2/c21-15-6-5-13(11-17(15)23)18-12-28-20(24-18)25-9-7-14(8-10-25)29(26,27)19-4-2-1-3-16(19)22/h1-6,11-12,14H,7-10H2. The second-order valence-corrected chi connectivity index (χ2v) is 10.7. The van der Waals surface area contributed by atoms with Crippen molar-refractivity contribution in [1.82, 2.24) is 4.98 Å². The molecule has 0 atom stereocenters. The number of nitrogens with zero attached hydrogens (tertiary/aromatic N) is 2. The summed E-state index contributed by atoms with van der Waals surface area (Å²) in [5, 5.41) is 2.53. The number of benzene rings is 2. The van der Waals surface area contributed by atoms with Crippen LogP contribution in [0, 0.1) is 5.82 Å². The predicted octanol–water partition coefficient (Wildman–Crippen LogP) is 5.70. The fourth-order valence-electron chi connectivity index (χ4n) is 3.41. The summed E-state index contributed by atoms with van der Waals surface area (Å²) in [7, 11) is -3.47. The molecule has 0 saturated carbocycles. The van der Waals surface area contributed by atoms with E-state index in [2.05, 4.69) is 9.88 Å². The van der Waals surface area contributed by atoms with Crippen LogP contribution < -0.4 is 4.90 Å². The molecule has 0 spiro atoms. The fourth-order valence-corrected chi connectivity index (χ4v) is 6.67. The Hall–Kier alpha value is -1.67. The van der Waals surface area contributed by atoms with Gasteiger partial charge in [0.25, 0.3) is 0 Å². The van der Waals surface area contributed by atoms with Gasteiger partial charge in [-0.2, -0.15) is 0 Å². The molecule has 0 unspecified atom stereocenters. The van der Waals surface area contributed by atoms with Crippen LogP contribution in [0.1, 0.15) is 12.8 Å². The minimum Gasteiger partial charge on any atom is -0.348 e. The molecule has 152 valence electrons. The predicted molar refractivity (Wildman–Crippen MR) is 116 cm³/mol. The van der Waals surface area contributed by atoms with E-state index in [9.17, 15) is 12.8 Å². The molecule has 1 saturated heterocycles. The first-order chi connectivity index (χ1) is 13.9. The van der Waals surface area contributed by atoms with E-state index >= 15 is 0 Å². The maximum atomic E-state index is 13.7. The molecule has 0 N–H and O–H groups in total. The first-order valence-corrected chi connectivity index (χ1v) is 12.2. The molecule has 2 aromatic carbocycles. The van der Waals surface area contributed by atoms with Crippen molar-refractivity contribution in [2.75, 3.05) is 18.0 Å². The normalized spacial score (nSPS) is 15.6. The monoisotopic (exact) mass is 470 g/mol. The van der Waals surface area contributed by atoms with Crippen LogP contribution in [0.5, 0.6) is 0 Å². The molecule has 0 bridgehead atoms. The van der Waals surface area contributed by atoms with Gasteiger partial charge in [0, 0.05) is 24.0 Å². The van der Waals surface area contributed by atoms with E-state index in [0.29, 0.717) is 37.2 Å². The minimum atomic E-state index is -3.47. The Morgan fingerprint density at radius 3 is 2.48 bits per heavy atom. The molecule has 1 aliphatic heterocycles. The molecule has 3 aromatic rings. The number of piperidine rings is 1. The van der Waals surface area contributed by atoms with E-state index in [1.54, 1.807) is 30.3 Å². The third-order valence-electron chi connectivity index (χ3n) is 5.00. The van der Waals surface area contributed by atoms with E-state index in [0.717, 1.165) is 5.13 Å². The van der Waals surface area contributed by atoms with Crippen LogP contribution in [-0.2, 0) is 9.84 Å². The summed E-state index contributed by atoms with van der Waals surface area (Å²) >= 11 is 13.3. The SMILES string of the molecule is O=S(=O)(c1ccccc1Cl)C1CCN(c2nc(-c3ccc(Cl)c(F)c3)cs2)CC1. The van der Waals surface area contributed by atoms with Gasteiger partial charge in [-0.05, 0) is 37.1 Å². The van der Waals surface area contributed by atoms with Crippen molar-refractivity contribution < 1.29 is 12.8 Å². The van der Waals surface area contributed by atoms with Crippen molar-refractivity contribution >= 4 is 49.5 Å². The van der Waals surface area contributed by atoms with Crippen molar-refractivity contribution in [2.24, 2.45) is 0 Å². The van der Waals surface area contributed by atoms with Crippen LogP contribution in [0.25, 0.3) is 11.3 Å². The highest BCUT2D eigenvalue weighted by Crippen LogP contribution is 2.33. The summed E-state index contributed by atoms with van der Waals surface area (Å²) in [5.74, 6) is -0.482. The number of anilines is 1. The summed E-state index contributed by atoms with van der Waals surface area (Å²) in [6, 6.07) is 11.2.